The molecule has 0 spiro atoms. The molecule has 0 bridgehead atoms. The van der Waals surface area contributed by atoms with Crippen LogP contribution < -0.4 is 0 Å². The first-order chi connectivity index (χ1) is 13.6. The minimum absolute atomic E-state index is 0.00838. The van der Waals surface area contributed by atoms with Crippen molar-refractivity contribution in [2.75, 3.05) is 13.2 Å². The van der Waals surface area contributed by atoms with E-state index in [1.165, 1.54) is 0 Å². The largest absolute Gasteiger partial charge is 0.466 e. The van der Waals surface area contributed by atoms with E-state index in [4.69, 9.17) is 4.74 Å². The first-order valence-electron chi connectivity index (χ1n) is 10.2. The second-order valence-electron chi connectivity index (χ2n) is 7.51. The van der Waals surface area contributed by atoms with Crippen molar-refractivity contribution in [1.82, 2.24) is 4.90 Å². The number of rotatable bonds is 9. The van der Waals surface area contributed by atoms with E-state index in [1.807, 2.05) is 48.2 Å². The van der Waals surface area contributed by atoms with E-state index in [2.05, 4.69) is 24.3 Å². The Balaban J connectivity index is 1.77. The molecule has 1 aliphatic carbocycles. The van der Waals surface area contributed by atoms with Crippen LogP contribution in [0, 0.1) is 5.92 Å². The van der Waals surface area contributed by atoms with Gasteiger partial charge < -0.3 is 9.64 Å². The quantitative estimate of drug-likeness (QED) is 0.607. The molecule has 2 aromatic rings. The number of amides is 1. The van der Waals surface area contributed by atoms with Crippen molar-refractivity contribution in [2.24, 2.45) is 5.92 Å². The molecule has 1 saturated carbocycles. The van der Waals surface area contributed by atoms with E-state index >= 15 is 0 Å². The number of nitrogens with zero attached hydrogens (tertiary/aromatic N) is 1. The molecule has 4 heteroatoms. The summed E-state index contributed by atoms with van der Waals surface area (Å²) in [6.07, 6.45) is 2.44. The topological polar surface area (TPSA) is 46.6 Å². The summed E-state index contributed by atoms with van der Waals surface area (Å²) in [5.74, 6) is -0.426. The van der Waals surface area contributed by atoms with E-state index in [0.29, 0.717) is 19.6 Å². The average molecular weight is 380 g/mol. The van der Waals surface area contributed by atoms with Crippen LogP contribution in [0.1, 0.15) is 50.2 Å². The Hall–Kier alpha value is -2.62. The third-order valence-electron chi connectivity index (χ3n) is 5.25. The molecular weight excluding hydrogens is 350 g/mol. The molecule has 148 valence electrons. The van der Waals surface area contributed by atoms with Crippen LogP contribution in [0.15, 0.2) is 60.7 Å². The third-order valence-corrected chi connectivity index (χ3v) is 5.25. The zero-order valence-corrected chi connectivity index (χ0v) is 16.7. The van der Waals surface area contributed by atoms with Crippen LogP contribution in [0.3, 0.4) is 0 Å². The van der Waals surface area contributed by atoms with Gasteiger partial charge in [-0.25, -0.2) is 0 Å². The van der Waals surface area contributed by atoms with Crippen molar-refractivity contribution in [1.29, 1.82) is 0 Å². The zero-order chi connectivity index (χ0) is 19.9. The second-order valence-corrected chi connectivity index (χ2v) is 7.51. The van der Waals surface area contributed by atoms with Gasteiger partial charge in [-0.2, -0.15) is 0 Å². The van der Waals surface area contributed by atoms with E-state index in [1.54, 1.807) is 6.92 Å². The molecule has 0 heterocycles. The summed E-state index contributed by atoms with van der Waals surface area (Å²) in [7, 11) is 0. The summed E-state index contributed by atoms with van der Waals surface area (Å²) in [5.41, 5.74) is 2.27. The number of hydrogen-bond acceptors (Lipinski definition) is 3. The lowest BCUT2D eigenvalue weighted by Crippen LogP contribution is -2.39. The molecule has 1 atom stereocenters. The Morgan fingerprint density at radius 1 is 1.00 bits per heavy atom. The fraction of sp³-hybridized carbons (Fsp3) is 0.417. The predicted octanol–water partition coefficient (Wildman–Crippen LogP) is 4.40. The van der Waals surface area contributed by atoms with Crippen molar-refractivity contribution in [2.45, 2.75) is 45.1 Å². The fourth-order valence-corrected chi connectivity index (χ4v) is 3.59. The minimum atomic E-state index is -0.309. The maximum absolute atomic E-state index is 13.3. The van der Waals surface area contributed by atoms with Gasteiger partial charge in [0.1, 0.15) is 0 Å². The van der Waals surface area contributed by atoms with E-state index in [-0.39, 0.29) is 29.8 Å². The average Bonchev–Trinajstić information content (AvgIpc) is 3.56. The summed E-state index contributed by atoms with van der Waals surface area (Å²) in [4.78, 5) is 27.2. The molecule has 4 nitrogen and oxygen atoms in total. The number of hydrogen-bond donors (Lipinski definition) is 0. The van der Waals surface area contributed by atoms with E-state index in [9.17, 15) is 9.59 Å². The molecule has 1 fully saturated rings. The number of benzene rings is 2. The normalized spacial score (nSPS) is 14.5. The van der Waals surface area contributed by atoms with Gasteiger partial charge in [0.15, 0.2) is 0 Å². The van der Waals surface area contributed by atoms with Gasteiger partial charge >= 0.3 is 5.97 Å². The van der Waals surface area contributed by atoms with Crippen LogP contribution in [0.25, 0.3) is 0 Å². The lowest BCUT2D eigenvalue weighted by atomic mass is 9.88. The summed E-state index contributed by atoms with van der Waals surface area (Å²) in [6, 6.07) is 20.6. The Morgan fingerprint density at radius 3 is 2.00 bits per heavy atom. The molecule has 0 aliphatic heterocycles. The highest BCUT2D eigenvalue weighted by Gasteiger charge is 2.35. The van der Waals surface area contributed by atoms with Gasteiger partial charge in [-0.1, -0.05) is 67.6 Å². The SMILES string of the molecule is CCOC(=O)C(C)CN(C(=O)CC(c1ccccc1)c1ccccc1)C1CC1. The van der Waals surface area contributed by atoms with E-state index < -0.39 is 0 Å². The van der Waals surface area contributed by atoms with Gasteiger partial charge in [0, 0.05) is 24.9 Å². The summed E-state index contributed by atoms with van der Waals surface area (Å²) in [6.45, 7) is 4.44. The molecular formula is C24H29NO3. The van der Waals surface area contributed by atoms with Gasteiger partial charge in [0.2, 0.25) is 5.91 Å². The first-order valence-corrected chi connectivity index (χ1v) is 10.2. The van der Waals surface area contributed by atoms with Crippen LogP contribution in [-0.2, 0) is 14.3 Å². The second kappa shape index (κ2) is 9.54. The van der Waals surface area contributed by atoms with Crippen molar-refractivity contribution in [3.05, 3.63) is 71.8 Å². The standard InChI is InChI=1S/C24H29NO3/c1-3-28-24(27)18(2)17-25(21-14-15-21)23(26)16-22(19-10-6-4-7-11-19)20-12-8-5-9-13-20/h4-13,18,21-22H,3,14-17H2,1-2H3. The molecule has 0 radical (unpaired) electrons. The smallest absolute Gasteiger partial charge is 0.310 e. The van der Waals surface area contributed by atoms with Gasteiger partial charge in [-0.15, -0.1) is 0 Å². The highest BCUT2D eigenvalue weighted by Crippen LogP contribution is 2.33. The summed E-state index contributed by atoms with van der Waals surface area (Å²) >= 11 is 0. The van der Waals surface area contributed by atoms with E-state index in [0.717, 1.165) is 24.0 Å². The van der Waals surface area contributed by atoms with Crippen molar-refractivity contribution in [3.8, 4) is 0 Å². The molecule has 3 rings (SSSR count). The van der Waals surface area contributed by atoms with Gasteiger partial charge in [0.05, 0.1) is 12.5 Å². The van der Waals surface area contributed by atoms with Gasteiger partial charge in [0.25, 0.3) is 0 Å². The Labute approximate surface area is 167 Å². The highest BCUT2D eigenvalue weighted by molar-refractivity contribution is 5.80. The molecule has 28 heavy (non-hydrogen) atoms. The molecule has 2 aromatic carbocycles. The zero-order valence-electron chi connectivity index (χ0n) is 16.7. The monoisotopic (exact) mass is 379 g/mol. The van der Waals surface area contributed by atoms with Crippen molar-refractivity contribution in [3.63, 3.8) is 0 Å². The van der Waals surface area contributed by atoms with Crippen LogP contribution >= 0.6 is 0 Å². The lowest BCUT2D eigenvalue weighted by molar-refractivity contribution is -0.149. The Bertz CT molecular complexity index is 731. The van der Waals surface area contributed by atoms with Gasteiger partial charge in [-0.3, -0.25) is 9.59 Å². The minimum Gasteiger partial charge on any atom is -0.466 e. The number of ether oxygens (including phenoxy) is 1. The number of esters is 1. The predicted molar refractivity (Wildman–Crippen MR) is 110 cm³/mol. The Morgan fingerprint density at radius 2 is 1.54 bits per heavy atom. The van der Waals surface area contributed by atoms with Crippen LogP contribution in [0.4, 0.5) is 0 Å². The maximum Gasteiger partial charge on any atom is 0.310 e. The molecule has 1 unspecified atom stereocenters. The summed E-state index contributed by atoms with van der Waals surface area (Å²) in [5, 5.41) is 0. The first kappa shape index (κ1) is 20.1. The fourth-order valence-electron chi connectivity index (χ4n) is 3.59. The number of carbonyl (C=O) groups is 2. The number of carbonyl (C=O) groups excluding carboxylic acids is 2. The van der Waals surface area contributed by atoms with Crippen LogP contribution in [0.5, 0.6) is 0 Å². The molecule has 0 N–H and O–H groups in total. The molecule has 1 amide bonds. The molecule has 0 aromatic heterocycles. The Kier molecular flexibility index (Phi) is 6.85. The van der Waals surface area contributed by atoms with Crippen molar-refractivity contribution < 1.29 is 14.3 Å². The highest BCUT2D eigenvalue weighted by atomic mass is 16.5. The molecule has 1 aliphatic rings. The third kappa shape index (κ3) is 5.22. The van der Waals surface area contributed by atoms with Gasteiger partial charge in [-0.05, 0) is 30.9 Å². The van der Waals surface area contributed by atoms with Crippen LogP contribution in [0.2, 0.25) is 0 Å². The van der Waals surface area contributed by atoms with Crippen LogP contribution in [-0.4, -0.2) is 36.0 Å². The maximum atomic E-state index is 13.3. The summed E-state index contributed by atoms with van der Waals surface area (Å²) < 4.78 is 5.13. The lowest BCUT2D eigenvalue weighted by Gasteiger charge is -2.27. The molecule has 0 saturated heterocycles. The van der Waals surface area contributed by atoms with Crippen molar-refractivity contribution >= 4 is 11.9 Å².